The number of hydrogen-bond acceptors (Lipinski definition) is 3. The molecule has 0 atom stereocenters. The summed E-state index contributed by atoms with van der Waals surface area (Å²) in [4.78, 5) is 17.0. The number of aryl methyl sites for hydroxylation is 1. The maximum absolute atomic E-state index is 12.8. The highest BCUT2D eigenvalue weighted by Crippen LogP contribution is 2.56. The van der Waals surface area contributed by atoms with Crippen LogP contribution >= 0.6 is 0 Å². The second kappa shape index (κ2) is 4.72. The Morgan fingerprint density at radius 3 is 2.38 bits per heavy atom. The van der Waals surface area contributed by atoms with Gasteiger partial charge >= 0.3 is 0 Å². The van der Waals surface area contributed by atoms with Gasteiger partial charge in [0.25, 0.3) is 0 Å². The molecule has 0 unspecified atom stereocenters. The summed E-state index contributed by atoms with van der Waals surface area (Å²) in [5, 5.41) is 3.06. The second-order valence-corrected chi connectivity index (χ2v) is 7.38. The van der Waals surface area contributed by atoms with E-state index in [1.54, 1.807) is 6.20 Å². The van der Waals surface area contributed by atoms with Crippen molar-refractivity contribution < 1.29 is 4.79 Å². The van der Waals surface area contributed by atoms with E-state index < -0.39 is 0 Å². The standard InChI is InChI=1S/C17H23N3O/c1-9-2-14(18)8-19-16(9)20-17(21)15-12-4-10-3-11(6-12)7-13(15)5-10/h2,8,10-13,15H,3-7,18H2,1H3,(H,19,20,21). The Balaban J connectivity index is 1.52. The fourth-order valence-corrected chi connectivity index (χ4v) is 5.28. The summed E-state index contributed by atoms with van der Waals surface area (Å²) in [6.07, 6.45) is 8.08. The lowest BCUT2D eigenvalue weighted by Crippen LogP contribution is -2.49. The fourth-order valence-electron chi connectivity index (χ4n) is 5.28. The molecule has 3 N–H and O–H groups in total. The molecule has 0 saturated heterocycles. The molecule has 0 radical (unpaired) electrons. The van der Waals surface area contributed by atoms with Crippen molar-refractivity contribution >= 4 is 17.4 Å². The molecule has 4 saturated carbocycles. The van der Waals surface area contributed by atoms with E-state index in [9.17, 15) is 4.79 Å². The monoisotopic (exact) mass is 285 g/mol. The summed E-state index contributed by atoms with van der Waals surface area (Å²) in [5.74, 6) is 4.07. The Hall–Kier alpha value is -1.58. The summed E-state index contributed by atoms with van der Waals surface area (Å²) < 4.78 is 0. The number of hydrogen-bond donors (Lipinski definition) is 2. The molecule has 1 heterocycles. The third-order valence-corrected chi connectivity index (χ3v) is 5.87. The lowest BCUT2D eigenvalue weighted by molar-refractivity contribution is -0.132. The van der Waals surface area contributed by atoms with Gasteiger partial charge in [0.05, 0.1) is 11.9 Å². The van der Waals surface area contributed by atoms with E-state index >= 15 is 0 Å². The topological polar surface area (TPSA) is 68.0 Å². The Morgan fingerprint density at radius 1 is 1.19 bits per heavy atom. The molecule has 1 aromatic heterocycles. The molecule has 4 heteroatoms. The molecule has 4 nitrogen and oxygen atoms in total. The zero-order valence-corrected chi connectivity index (χ0v) is 12.5. The van der Waals surface area contributed by atoms with Crippen molar-refractivity contribution in [3.63, 3.8) is 0 Å². The summed E-state index contributed by atoms with van der Waals surface area (Å²) >= 11 is 0. The Morgan fingerprint density at radius 2 is 1.81 bits per heavy atom. The minimum absolute atomic E-state index is 0.184. The number of amides is 1. The van der Waals surface area contributed by atoms with Crippen molar-refractivity contribution in [2.75, 3.05) is 11.1 Å². The molecule has 0 spiro atoms. The number of carbonyl (C=O) groups is 1. The summed E-state index contributed by atoms with van der Waals surface area (Å²) in [5.41, 5.74) is 7.30. The fraction of sp³-hybridized carbons (Fsp3) is 0.647. The number of nitrogens with two attached hydrogens (primary N) is 1. The first-order valence-corrected chi connectivity index (χ1v) is 8.13. The number of anilines is 2. The molecular formula is C17H23N3O. The van der Waals surface area contributed by atoms with Gasteiger partial charge in [-0.15, -0.1) is 0 Å². The number of carbonyl (C=O) groups excluding carboxylic acids is 1. The van der Waals surface area contributed by atoms with Crippen LogP contribution in [0.1, 0.15) is 37.7 Å². The Labute approximate surface area is 125 Å². The number of aromatic nitrogens is 1. The molecule has 4 fully saturated rings. The van der Waals surface area contributed by atoms with Crippen LogP contribution in [0.5, 0.6) is 0 Å². The zero-order valence-electron chi connectivity index (χ0n) is 12.5. The number of rotatable bonds is 2. The summed E-state index contributed by atoms with van der Waals surface area (Å²) in [6.45, 7) is 1.94. The van der Waals surface area contributed by atoms with E-state index in [1.807, 2.05) is 13.0 Å². The van der Waals surface area contributed by atoms with Crippen LogP contribution < -0.4 is 11.1 Å². The van der Waals surface area contributed by atoms with E-state index in [0.717, 1.165) is 17.4 Å². The highest BCUT2D eigenvalue weighted by molar-refractivity contribution is 5.93. The van der Waals surface area contributed by atoms with Crippen LogP contribution in [-0.4, -0.2) is 10.9 Å². The van der Waals surface area contributed by atoms with Gasteiger partial charge in [0.2, 0.25) is 5.91 Å². The van der Waals surface area contributed by atoms with Gasteiger partial charge in [-0.2, -0.15) is 0 Å². The number of pyridine rings is 1. The Bertz CT molecular complexity index is 555. The normalized spacial score (nSPS) is 36.7. The molecule has 4 bridgehead atoms. The lowest BCUT2D eigenvalue weighted by Gasteiger charge is -2.53. The van der Waals surface area contributed by atoms with Crippen LogP contribution in [0.2, 0.25) is 0 Å². The average molecular weight is 285 g/mol. The highest BCUT2D eigenvalue weighted by Gasteiger charge is 2.50. The van der Waals surface area contributed by atoms with Crippen molar-refractivity contribution in [2.24, 2.45) is 29.6 Å². The quantitative estimate of drug-likeness (QED) is 0.877. The first-order valence-electron chi connectivity index (χ1n) is 8.13. The van der Waals surface area contributed by atoms with Gasteiger partial charge in [0.1, 0.15) is 5.82 Å². The van der Waals surface area contributed by atoms with Crippen LogP contribution in [0.3, 0.4) is 0 Å². The van der Waals surface area contributed by atoms with Gasteiger partial charge in [-0.25, -0.2) is 4.98 Å². The maximum atomic E-state index is 12.8. The highest BCUT2D eigenvalue weighted by atomic mass is 16.2. The Kier molecular flexibility index (Phi) is 2.95. The van der Waals surface area contributed by atoms with E-state index in [4.69, 9.17) is 5.73 Å². The van der Waals surface area contributed by atoms with Crippen LogP contribution in [0, 0.1) is 36.5 Å². The molecule has 21 heavy (non-hydrogen) atoms. The minimum Gasteiger partial charge on any atom is -0.397 e. The SMILES string of the molecule is Cc1cc(N)cnc1NC(=O)C1C2CC3CC(C2)CC1C3. The second-order valence-electron chi connectivity index (χ2n) is 7.38. The van der Waals surface area contributed by atoms with E-state index in [2.05, 4.69) is 10.3 Å². The van der Waals surface area contributed by atoms with Crippen LogP contribution in [0.25, 0.3) is 0 Å². The number of nitrogen functional groups attached to an aromatic ring is 1. The van der Waals surface area contributed by atoms with Crippen molar-refractivity contribution in [2.45, 2.75) is 39.0 Å². The predicted octanol–water partition coefficient (Wildman–Crippen LogP) is 2.98. The average Bonchev–Trinajstić information content (AvgIpc) is 2.40. The minimum atomic E-state index is 0.184. The van der Waals surface area contributed by atoms with Crippen molar-refractivity contribution in [3.05, 3.63) is 17.8 Å². The predicted molar refractivity (Wildman–Crippen MR) is 82.6 cm³/mol. The van der Waals surface area contributed by atoms with E-state index in [-0.39, 0.29) is 11.8 Å². The van der Waals surface area contributed by atoms with Gasteiger partial charge in [0, 0.05) is 5.92 Å². The first kappa shape index (κ1) is 13.1. The van der Waals surface area contributed by atoms with Crippen LogP contribution in [0.15, 0.2) is 12.3 Å². The van der Waals surface area contributed by atoms with Crippen molar-refractivity contribution in [1.29, 1.82) is 0 Å². The van der Waals surface area contributed by atoms with Gasteiger partial charge in [-0.1, -0.05) is 0 Å². The molecular weight excluding hydrogens is 262 g/mol. The van der Waals surface area contributed by atoms with E-state index in [1.165, 1.54) is 32.1 Å². The van der Waals surface area contributed by atoms with Crippen molar-refractivity contribution in [3.8, 4) is 0 Å². The molecule has 4 aliphatic carbocycles. The van der Waals surface area contributed by atoms with Gasteiger partial charge < -0.3 is 11.1 Å². The van der Waals surface area contributed by atoms with Crippen LogP contribution in [-0.2, 0) is 4.79 Å². The molecule has 112 valence electrons. The largest absolute Gasteiger partial charge is 0.397 e. The first-order chi connectivity index (χ1) is 10.1. The lowest BCUT2D eigenvalue weighted by atomic mass is 9.51. The third kappa shape index (κ3) is 2.21. The number of nitrogens with zero attached hydrogens (tertiary/aromatic N) is 1. The van der Waals surface area contributed by atoms with Gasteiger partial charge in [0.15, 0.2) is 0 Å². The smallest absolute Gasteiger partial charge is 0.229 e. The maximum Gasteiger partial charge on any atom is 0.229 e. The summed E-state index contributed by atoms with van der Waals surface area (Å²) in [6, 6.07) is 1.86. The van der Waals surface area contributed by atoms with Gasteiger partial charge in [-0.05, 0) is 74.3 Å². The van der Waals surface area contributed by atoms with Crippen molar-refractivity contribution in [1.82, 2.24) is 4.98 Å². The molecule has 4 aliphatic rings. The third-order valence-electron chi connectivity index (χ3n) is 5.87. The molecule has 0 aromatic carbocycles. The molecule has 0 aliphatic heterocycles. The zero-order chi connectivity index (χ0) is 14.6. The number of nitrogens with one attached hydrogen (secondary N) is 1. The van der Waals surface area contributed by atoms with E-state index in [0.29, 0.717) is 23.3 Å². The molecule has 1 aromatic rings. The van der Waals surface area contributed by atoms with Gasteiger partial charge in [-0.3, -0.25) is 4.79 Å². The molecule has 1 amide bonds. The summed E-state index contributed by atoms with van der Waals surface area (Å²) in [7, 11) is 0. The van der Waals surface area contributed by atoms with Crippen LogP contribution in [0.4, 0.5) is 11.5 Å². The molecule has 5 rings (SSSR count).